The van der Waals surface area contributed by atoms with Crippen LogP contribution in [0.3, 0.4) is 0 Å². The van der Waals surface area contributed by atoms with Crippen LogP contribution < -0.4 is 0 Å². The molecule has 0 aliphatic carbocycles. The van der Waals surface area contributed by atoms with Gasteiger partial charge in [0, 0.05) is 0 Å². The highest BCUT2D eigenvalue weighted by Gasteiger charge is 2.28. The second kappa shape index (κ2) is 3.94. The van der Waals surface area contributed by atoms with Crippen LogP contribution in [0.25, 0.3) is 0 Å². The highest BCUT2D eigenvalue weighted by atomic mass is 32.2. The van der Waals surface area contributed by atoms with Gasteiger partial charge in [-0.2, -0.15) is 0 Å². The molecule has 0 aliphatic heterocycles. The fraction of sp³-hybridized carbons (Fsp3) is 0. The standard InChI is InChI=1S/C8H6N4O4S/c13-12(14)11-8(6-9-10-11)17(15,16)7-4-2-1-3-5-7/h1-6H. The van der Waals surface area contributed by atoms with Gasteiger partial charge in [0.2, 0.25) is 9.84 Å². The molecule has 2 rings (SSSR count). The Balaban J connectivity index is 2.61. The quantitative estimate of drug-likeness (QED) is 0.569. The first-order valence-electron chi connectivity index (χ1n) is 4.39. The summed E-state index contributed by atoms with van der Waals surface area (Å²) in [4.78, 5) is 10.6. The summed E-state index contributed by atoms with van der Waals surface area (Å²) in [5, 5.41) is 15.4. The molecule has 0 saturated heterocycles. The van der Waals surface area contributed by atoms with Gasteiger partial charge in [-0.05, 0) is 17.2 Å². The van der Waals surface area contributed by atoms with Crippen LogP contribution in [0.5, 0.6) is 0 Å². The molecule has 0 radical (unpaired) electrons. The lowest BCUT2D eigenvalue weighted by molar-refractivity contribution is -0.560. The van der Waals surface area contributed by atoms with Gasteiger partial charge in [0.1, 0.15) is 6.20 Å². The summed E-state index contributed by atoms with van der Waals surface area (Å²) in [7, 11) is -3.98. The van der Waals surface area contributed by atoms with E-state index in [1.54, 1.807) is 6.07 Å². The number of hydrogen-bond acceptors (Lipinski definition) is 6. The third-order valence-corrected chi connectivity index (χ3v) is 3.70. The molecule has 0 spiro atoms. The minimum Gasteiger partial charge on any atom is -0.339 e. The van der Waals surface area contributed by atoms with Crippen molar-refractivity contribution in [2.45, 2.75) is 9.92 Å². The number of rotatable bonds is 3. The van der Waals surface area contributed by atoms with Crippen LogP contribution in [0.2, 0.25) is 0 Å². The summed E-state index contributed by atoms with van der Waals surface area (Å²) in [5.74, 6) is 0. The minimum absolute atomic E-state index is 0.0506. The minimum atomic E-state index is -3.98. The molecule has 1 aromatic heterocycles. The molecular formula is C8H6N4O4S. The zero-order valence-electron chi connectivity index (χ0n) is 8.29. The van der Waals surface area contributed by atoms with E-state index in [0.717, 1.165) is 6.20 Å². The molecule has 9 heteroatoms. The van der Waals surface area contributed by atoms with Crippen LogP contribution in [0, 0.1) is 10.1 Å². The Kier molecular flexibility index (Phi) is 2.60. The fourth-order valence-electron chi connectivity index (χ4n) is 1.23. The Morgan fingerprint density at radius 2 is 1.88 bits per heavy atom. The molecule has 0 amide bonds. The molecule has 2 aromatic rings. The average Bonchev–Trinajstić information content (AvgIpc) is 2.80. The predicted molar refractivity (Wildman–Crippen MR) is 54.3 cm³/mol. The second-order valence-corrected chi connectivity index (χ2v) is 4.91. The van der Waals surface area contributed by atoms with E-state index in [0.29, 0.717) is 0 Å². The summed E-state index contributed by atoms with van der Waals surface area (Å²) in [5.41, 5.74) is 0. The van der Waals surface area contributed by atoms with Crippen molar-refractivity contribution < 1.29 is 13.5 Å². The lowest BCUT2D eigenvalue weighted by Crippen LogP contribution is -2.17. The van der Waals surface area contributed by atoms with Crippen molar-refractivity contribution in [1.29, 1.82) is 0 Å². The van der Waals surface area contributed by atoms with Crippen molar-refractivity contribution >= 4 is 9.84 Å². The molecule has 0 atom stereocenters. The Bertz CT molecular complexity index is 649. The van der Waals surface area contributed by atoms with Gasteiger partial charge >= 0.3 is 0 Å². The van der Waals surface area contributed by atoms with E-state index in [1.807, 2.05) is 0 Å². The largest absolute Gasteiger partial charge is 0.339 e. The Hall–Kier alpha value is -2.29. The first kappa shape index (κ1) is 11.2. The number of nitrogens with zero attached hydrogens (tertiary/aromatic N) is 4. The maximum absolute atomic E-state index is 12.0. The van der Waals surface area contributed by atoms with Gasteiger partial charge < -0.3 is 10.1 Å². The highest BCUT2D eigenvalue weighted by molar-refractivity contribution is 7.91. The SMILES string of the molecule is O=[N+]([O-])n1nncc1S(=O)(=O)c1ccccc1. The average molecular weight is 254 g/mol. The second-order valence-electron chi connectivity index (χ2n) is 3.02. The monoisotopic (exact) mass is 254 g/mol. The fourth-order valence-corrected chi connectivity index (χ4v) is 2.49. The lowest BCUT2D eigenvalue weighted by atomic mass is 10.4. The third kappa shape index (κ3) is 1.87. The van der Waals surface area contributed by atoms with E-state index >= 15 is 0 Å². The third-order valence-electron chi connectivity index (χ3n) is 1.99. The van der Waals surface area contributed by atoms with Crippen LogP contribution in [-0.2, 0) is 9.84 Å². The molecular weight excluding hydrogens is 248 g/mol. The van der Waals surface area contributed by atoms with Crippen LogP contribution in [-0.4, -0.2) is 28.6 Å². The Morgan fingerprint density at radius 3 is 2.47 bits per heavy atom. The molecule has 0 unspecified atom stereocenters. The summed E-state index contributed by atoms with van der Waals surface area (Å²) in [6, 6.07) is 7.36. The van der Waals surface area contributed by atoms with Crippen LogP contribution >= 0.6 is 0 Å². The summed E-state index contributed by atoms with van der Waals surface area (Å²) >= 11 is 0. The highest BCUT2D eigenvalue weighted by Crippen LogP contribution is 2.18. The Morgan fingerprint density at radius 1 is 1.24 bits per heavy atom. The number of sulfone groups is 1. The predicted octanol–water partition coefficient (Wildman–Crippen LogP) is 0.151. The topological polar surface area (TPSA) is 108 Å². The molecule has 1 aromatic carbocycles. The van der Waals surface area contributed by atoms with Crippen molar-refractivity contribution in [3.05, 3.63) is 46.6 Å². The first-order valence-corrected chi connectivity index (χ1v) is 5.87. The number of hydrogen-bond donors (Lipinski definition) is 0. The first-order chi connectivity index (χ1) is 8.03. The molecule has 1 heterocycles. The van der Waals surface area contributed by atoms with Crippen molar-refractivity contribution in [2.24, 2.45) is 0 Å². The molecule has 0 saturated carbocycles. The van der Waals surface area contributed by atoms with E-state index in [2.05, 4.69) is 10.3 Å². The molecule has 0 aliphatic rings. The van der Waals surface area contributed by atoms with E-state index in [4.69, 9.17) is 0 Å². The van der Waals surface area contributed by atoms with Crippen molar-refractivity contribution in [2.75, 3.05) is 0 Å². The van der Waals surface area contributed by atoms with Gasteiger partial charge in [0.25, 0.3) is 5.03 Å². The lowest BCUT2D eigenvalue weighted by Gasteiger charge is -2.01. The van der Waals surface area contributed by atoms with Crippen molar-refractivity contribution in [3.63, 3.8) is 0 Å². The van der Waals surface area contributed by atoms with Crippen LogP contribution in [0.4, 0.5) is 0 Å². The number of benzene rings is 1. The maximum Gasteiger partial charge on any atom is 0.253 e. The van der Waals surface area contributed by atoms with Crippen LogP contribution in [0.1, 0.15) is 0 Å². The maximum atomic E-state index is 12.0. The summed E-state index contributed by atoms with van der Waals surface area (Å²) in [6.45, 7) is 0. The number of nitro groups is 1. The number of aromatic nitrogens is 3. The smallest absolute Gasteiger partial charge is 0.253 e. The normalized spacial score (nSPS) is 11.3. The van der Waals surface area contributed by atoms with E-state index in [9.17, 15) is 18.5 Å². The zero-order valence-corrected chi connectivity index (χ0v) is 9.11. The van der Waals surface area contributed by atoms with Crippen LogP contribution in [0.15, 0.2) is 46.5 Å². The zero-order chi connectivity index (χ0) is 12.5. The van der Waals surface area contributed by atoms with E-state index in [-0.39, 0.29) is 9.69 Å². The molecule has 88 valence electrons. The van der Waals surface area contributed by atoms with Gasteiger partial charge in [-0.1, -0.05) is 18.2 Å². The van der Waals surface area contributed by atoms with Gasteiger partial charge in [0.15, 0.2) is 5.21 Å². The molecule has 17 heavy (non-hydrogen) atoms. The molecule has 0 N–H and O–H groups in total. The van der Waals surface area contributed by atoms with Crippen molar-refractivity contribution in [1.82, 2.24) is 15.1 Å². The van der Waals surface area contributed by atoms with Gasteiger partial charge in [-0.3, -0.25) is 0 Å². The van der Waals surface area contributed by atoms with Gasteiger partial charge in [0.05, 0.1) is 14.7 Å². The van der Waals surface area contributed by atoms with E-state index < -0.39 is 19.9 Å². The summed E-state index contributed by atoms with van der Waals surface area (Å²) in [6.07, 6.45) is 0.838. The molecule has 0 fully saturated rings. The van der Waals surface area contributed by atoms with Crippen molar-refractivity contribution in [3.8, 4) is 0 Å². The van der Waals surface area contributed by atoms with E-state index in [1.165, 1.54) is 24.3 Å². The summed E-state index contributed by atoms with van der Waals surface area (Å²) < 4.78 is 24.0. The Labute approximate surface area is 95.5 Å². The molecule has 0 bridgehead atoms. The van der Waals surface area contributed by atoms with Gasteiger partial charge in [-0.15, -0.1) is 0 Å². The van der Waals surface area contributed by atoms with Gasteiger partial charge in [-0.25, -0.2) is 8.42 Å². The molecule has 8 nitrogen and oxygen atoms in total.